The Bertz CT molecular complexity index is 909. The van der Waals surface area contributed by atoms with Crippen molar-refractivity contribution in [3.8, 4) is 0 Å². The van der Waals surface area contributed by atoms with E-state index < -0.39 is 47.0 Å². The third-order valence-electron chi connectivity index (χ3n) is 6.35. The Balaban J connectivity index is 2.05. The van der Waals surface area contributed by atoms with Crippen LogP contribution in [0.25, 0.3) is 0 Å². The van der Waals surface area contributed by atoms with E-state index in [-0.39, 0.29) is 5.03 Å². The van der Waals surface area contributed by atoms with Crippen molar-refractivity contribution in [2.45, 2.75) is 52.7 Å². The summed E-state index contributed by atoms with van der Waals surface area (Å²) in [6.45, 7) is 8.65. The third-order valence-corrected chi connectivity index (χ3v) is 6.72. The molecule has 30 heavy (non-hydrogen) atoms. The molecule has 1 aliphatic carbocycles. The minimum atomic E-state index is -1.59. The number of allylic oxidation sites excluding steroid dienone is 4. The number of aliphatic hydroxyl groups is 1. The average molecular weight is 435 g/mol. The Morgan fingerprint density at radius 3 is 2.60 bits per heavy atom. The van der Waals surface area contributed by atoms with Crippen LogP contribution in [0.3, 0.4) is 0 Å². The maximum Gasteiger partial charge on any atom is 0.318 e. The molecule has 6 nitrogen and oxygen atoms in total. The third kappa shape index (κ3) is 3.56. The van der Waals surface area contributed by atoms with Gasteiger partial charge in [-0.15, -0.1) is 0 Å². The standard InChI is InChI=1S/C23H27ClO6/c1-6-11(2)7-8-14-9-15-16(10-29-14)18-17(20(26)12(3)13(4)25)22(28)30-23(18,5)21(27)19(15)24/h7-13,17-18,25H,6H2,1-5H3/t11-,12-,13-,17+,18+,23-/m0/s1. The lowest BCUT2D eigenvalue weighted by Gasteiger charge is -2.37. The van der Waals surface area contributed by atoms with Crippen LogP contribution in [-0.4, -0.2) is 34.3 Å². The van der Waals surface area contributed by atoms with Gasteiger partial charge in [0, 0.05) is 17.1 Å². The number of Topliss-reactive ketones (excluding diaryl/α,β-unsaturated/α-hetero) is 2. The number of rotatable bonds is 6. The van der Waals surface area contributed by atoms with Crippen LogP contribution in [0.4, 0.5) is 0 Å². The number of carbonyl (C=O) groups excluding carboxylic acids is 3. The molecule has 0 aromatic carbocycles. The van der Waals surface area contributed by atoms with Gasteiger partial charge < -0.3 is 14.6 Å². The summed E-state index contributed by atoms with van der Waals surface area (Å²) in [5.74, 6) is -3.83. The number of hydrogen-bond donors (Lipinski definition) is 1. The van der Waals surface area contributed by atoms with E-state index in [0.29, 0.717) is 22.8 Å². The van der Waals surface area contributed by atoms with Crippen LogP contribution in [0.15, 0.2) is 46.4 Å². The molecule has 1 saturated heterocycles. The number of ether oxygens (including phenoxy) is 2. The zero-order valence-corrected chi connectivity index (χ0v) is 18.5. The van der Waals surface area contributed by atoms with E-state index in [1.165, 1.54) is 20.1 Å². The molecule has 0 aromatic heterocycles. The molecule has 3 aliphatic rings. The second kappa shape index (κ2) is 8.16. The molecule has 0 saturated carbocycles. The highest BCUT2D eigenvalue weighted by atomic mass is 35.5. The molecule has 1 fully saturated rings. The smallest absolute Gasteiger partial charge is 0.318 e. The summed E-state index contributed by atoms with van der Waals surface area (Å²) in [5.41, 5.74) is -0.687. The Kier molecular flexibility index (Phi) is 6.12. The van der Waals surface area contributed by atoms with Crippen molar-refractivity contribution >= 4 is 29.1 Å². The molecule has 2 heterocycles. The first kappa shape index (κ1) is 22.5. The Hall–Kier alpha value is -2.18. The quantitative estimate of drug-likeness (QED) is 0.507. The molecular weight excluding hydrogens is 408 g/mol. The highest BCUT2D eigenvalue weighted by Gasteiger charge is 2.64. The summed E-state index contributed by atoms with van der Waals surface area (Å²) < 4.78 is 11.2. The van der Waals surface area contributed by atoms with E-state index in [0.717, 1.165) is 6.42 Å². The maximum atomic E-state index is 13.1. The lowest BCUT2D eigenvalue weighted by molar-refractivity contribution is -0.157. The molecular formula is C23H27ClO6. The molecule has 1 N–H and O–H groups in total. The summed E-state index contributed by atoms with van der Waals surface area (Å²) in [6, 6.07) is 0. The number of halogens is 1. The molecule has 162 valence electrons. The van der Waals surface area contributed by atoms with Crippen LogP contribution in [0.1, 0.15) is 41.0 Å². The van der Waals surface area contributed by atoms with E-state index >= 15 is 0 Å². The lowest BCUT2D eigenvalue weighted by Crippen LogP contribution is -2.48. The number of hydrogen-bond acceptors (Lipinski definition) is 6. The van der Waals surface area contributed by atoms with Gasteiger partial charge in [0.25, 0.3) is 0 Å². The Morgan fingerprint density at radius 1 is 1.33 bits per heavy atom. The zero-order chi connectivity index (χ0) is 22.4. The fourth-order valence-corrected chi connectivity index (χ4v) is 4.31. The van der Waals surface area contributed by atoms with Crippen LogP contribution in [0, 0.1) is 23.7 Å². The van der Waals surface area contributed by atoms with Crippen molar-refractivity contribution in [3.05, 3.63) is 46.4 Å². The van der Waals surface area contributed by atoms with Gasteiger partial charge in [0.1, 0.15) is 11.7 Å². The molecule has 0 unspecified atom stereocenters. The van der Waals surface area contributed by atoms with E-state index in [1.54, 1.807) is 13.0 Å². The average Bonchev–Trinajstić information content (AvgIpc) is 3.00. The van der Waals surface area contributed by atoms with Crippen molar-refractivity contribution in [2.24, 2.45) is 23.7 Å². The maximum absolute atomic E-state index is 13.1. The summed E-state index contributed by atoms with van der Waals surface area (Å²) >= 11 is 6.39. The van der Waals surface area contributed by atoms with Gasteiger partial charge in [-0.3, -0.25) is 14.4 Å². The van der Waals surface area contributed by atoms with Gasteiger partial charge in [-0.05, 0) is 31.9 Å². The van der Waals surface area contributed by atoms with Crippen LogP contribution < -0.4 is 0 Å². The Labute approximate surface area is 181 Å². The minimum absolute atomic E-state index is 0.0535. The summed E-state index contributed by atoms with van der Waals surface area (Å²) in [4.78, 5) is 38.8. The molecule has 7 heteroatoms. The van der Waals surface area contributed by atoms with Crippen LogP contribution in [0.2, 0.25) is 0 Å². The number of esters is 1. The lowest BCUT2D eigenvalue weighted by atomic mass is 9.66. The molecule has 3 rings (SSSR count). The van der Waals surface area contributed by atoms with Crippen molar-refractivity contribution in [2.75, 3.05) is 0 Å². The highest BCUT2D eigenvalue weighted by molar-refractivity contribution is 6.45. The van der Waals surface area contributed by atoms with Gasteiger partial charge in [0.05, 0.1) is 23.3 Å². The minimum Gasteiger partial charge on any atom is -0.465 e. The first-order valence-electron chi connectivity index (χ1n) is 10.2. The second-order valence-corrected chi connectivity index (χ2v) is 8.83. The van der Waals surface area contributed by atoms with Gasteiger partial charge in [0.2, 0.25) is 5.78 Å². The van der Waals surface area contributed by atoms with Gasteiger partial charge >= 0.3 is 5.97 Å². The van der Waals surface area contributed by atoms with Crippen LogP contribution >= 0.6 is 11.6 Å². The molecule has 0 radical (unpaired) electrons. The summed E-state index contributed by atoms with van der Waals surface area (Å²) in [6.07, 6.45) is 6.93. The SMILES string of the molecule is CC[C@H](C)C=CC1=CC2=C(Cl)C(=O)[C@@]3(C)OC(=O)[C@@H](C(=O)[C@@H](C)[C@H](C)O)[C@H]3C2=CO1. The number of carbonyl (C=O) groups is 3. The second-order valence-electron chi connectivity index (χ2n) is 8.45. The molecule has 0 aromatic rings. The number of ketones is 2. The monoisotopic (exact) mass is 434 g/mol. The van der Waals surface area contributed by atoms with Crippen LogP contribution in [0.5, 0.6) is 0 Å². The topological polar surface area (TPSA) is 89.9 Å². The molecule has 6 atom stereocenters. The summed E-state index contributed by atoms with van der Waals surface area (Å²) in [5, 5.41) is 9.80. The summed E-state index contributed by atoms with van der Waals surface area (Å²) in [7, 11) is 0. The van der Waals surface area contributed by atoms with Crippen molar-refractivity contribution < 1.29 is 29.0 Å². The van der Waals surface area contributed by atoms with Crippen molar-refractivity contribution in [1.29, 1.82) is 0 Å². The molecule has 0 bridgehead atoms. The van der Waals surface area contributed by atoms with Gasteiger partial charge in [-0.1, -0.05) is 44.9 Å². The number of fused-ring (bicyclic) bond motifs is 3. The fraction of sp³-hybridized carbons (Fsp3) is 0.522. The first-order chi connectivity index (χ1) is 14.0. The predicted molar refractivity (Wildman–Crippen MR) is 111 cm³/mol. The van der Waals surface area contributed by atoms with Gasteiger partial charge in [-0.2, -0.15) is 0 Å². The van der Waals surface area contributed by atoms with E-state index in [9.17, 15) is 19.5 Å². The largest absolute Gasteiger partial charge is 0.465 e. The Morgan fingerprint density at radius 2 is 2.00 bits per heavy atom. The van der Waals surface area contributed by atoms with Gasteiger partial charge in [-0.25, -0.2) is 0 Å². The predicted octanol–water partition coefficient (Wildman–Crippen LogP) is 3.60. The van der Waals surface area contributed by atoms with Crippen LogP contribution in [-0.2, 0) is 23.9 Å². The normalized spacial score (nSPS) is 31.3. The molecule has 0 spiro atoms. The van der Waals surface area contributed by atoms with Crippen molar-refractivity contribution in [3.63, 3.8) is 0 Å². The van der Waals surface area contributed by atoms with Crippen molar-refractivity contribution in [1.82, 2.24) is 0 Å². The highest BCUT2D eigenvalue weighted by Crippen LogP contribution is 2.52. The van der Waals surface area contributed by atoms with E-state index in [4.69, 9.17) is 21.1 Å². The van der Waals surface area contributed by atoms with E-state index in [1.807, 2.05) is 12.2 Å². The van der Waals surface area contributed by atoms with E-state index in [2.05, 4.69) is 13.8 Å². The fourth-order valence-electron chi connectivity index (χ4n) is 3.96. The number of aliphatic hydroxyl groups excluding tert-OH is 1. The van der Waals surface area contributed by atoms with Gasteiger partial charge in [0.15, 0.2) is 11.4 Å². The molecule has 2 aliphatic heterocycles. The first-order valence-corrected chi connectivity index (χ1v) is 10.6. The zero-order valence-electron chi connectivity index (χ0n) is 17.8. The molecule has 0 amide bonds.